The van der Waals surface area contributed by atoms with Gasteiger partial charge in [0.25, 0.3) is 5.56 Å². The number of amides is 1. The van der Waals surface area contributed by atoms with Gasteiger partial charge in [0.15, 0.2) is 11.2 Å². The number of aromatic amines is 2. The molecule has 0 aliphatic heterocycles. The van der Waals surface area contributed by atoms with Gasteiger partial charge < -0.3 is 9.97 Å². The molecule has 0 fully saturated rings. The molecule has 2 rings (SSSR count). The van der Waals surface area contributed by atoms with Gasteiger partial charge in [-0.3, -0.25) is 14.9 Å². The second kappa shape index (κ2) is 3.69. The van der Waals surface area contributed by atoms with Crippen molar-refractivity contribution in [2.45, 2.75) is 20.8 Å². The minimum absolute atomic E-state index is 0.187. The van der Waals surface area contributed by atoms with Crippen LogP contribution < -0.4 is 10.9 Å². The van der Waals surface area contributed by atoms with Gasteiger partial charge in [0.2, 0.25) is 11.9 Å². The van der Waals surface area contributed by atoms with Gasteiger partial charge >= 0.3 is 0 Å². The van der Waals surface area contributed by atoms with Gasteiger partial charge in [0.05, 0.1) is 6.33 Å². The first-order chi connectivity index (χ1) is 7.88. The molecule has 0 bridgehead atoms. The molecule has 3 N–H and O–H groups in total. The second-order valence-electron chi connectivity index (χ2n) is 4.72. The maximum atomic E-state index is 11.7. The quantitative estimate of drug-likeness (QED) is 0.674. The van der Waals surface area contributed by atoms with Crippen molar-refractivity contribution in [3.05, 3.63) is 16.7 Å². The summed E-state index contributed by atoms with van der Waals surface area (Å²) in [4.78, 5) is 36.1. The Labute approximate surface area is 96.7 Å². The van der Waals surface area contributed by atoms with Crippen LogP contribution in [0.2, 0.25) is 0 Å². The van der Waals surface area contributed by atoms with Crippen LogP contribution in [0.3, 0.4) is 0 Å². The number of nitrogens with zero attached hydrogens (tertiary/aromatic N) is 2. The van der Waals surface area contributed by atoms with Crippen molar-refractivity contribution in [1.82, 2.24) is 19.9 Å². The van der Waals surface area contributed by atoms with Crippen LogP contribution in [-0.4, -0.2) is 25.8 Å². The van der Waals surface area contributed by atoms with Gasteiger partial charge in [-0.15, -0.1) is 0 Å². The van der Waals surface area contributed by atoms with E-state index in [9.17, 15) is 9.59 Å². The van der Waals surface area contributed by atoms with Gasteiger partial charge in [0.1, 0.15) is 0 Å². The Hall–Kier alpha value is -2.18. The number of hydrogen-bond acceptors (Lipinski definition) is 4. The Morgan fingerprint density at radius 2 is 2.12 bits per heavy atom. The largest absolute Gasteiger partial charge is 0.318 e. The third-order valence-corrected chi connectivity index (χ3v) is 2.21. The molecule has 7 heteroatoms. The highest BCUT2D eigenvalue weighted by Crippen LogP contribution is 2.16. The monoisotopic (exact) mass is 235 g/mol. The molecule has 0 aliphatic carbocycles. The highest BCUT2D eigenvalue weighted by Gasteiger charge is 2.22. The van der Waals surface area contributed by atoms with Crippen molar-refractivity contribution in [2.75, 3.05) is 5.32 Å². The van der Waals surface area contributed by atoms with Crippen molar-refractivity contribution < 1.29 is 4.79 Å². The predicted molar refractivity (Wildman–Crippen MR) is 62.6 cm³/mol. The van der Waals surface area contributed by atoms with E-state index in [1.807, 2.05) is 0 Å². The average Bonchev–Trinajstić information content (AvgIpc) is 2.60. The Balaban J connectivity index is 2.36. The number of nitrogens with one attached hydrogen (secondary N) is 3. The first-order valence-electron chi connectivity index (χ1n) is 5.13. The summed E-state index contributed by atoms with van der Waals surface area (Å²) in [5.41, 5.74) is -0.327. The number of anilines is 1. The molecule has 2 heterocycles. The minimum atomic E-state index is -0.529. The van der Waals surface area contributed by atoms with Gasteiger partial charge in [-0.1, -0.05) is 20.8 Å². The molecular weight excluding hydrogens is 222 g/mol. The third kappa shape index (κ3) is 2.17. The number of carbonyl (C=O) groups is 1. The van der Waals surface area contributed by atoms with Gasteiger partial charge in [-0.25, -0.2) is 4.98 Å². The molecule has 7 nitrogen and oxygen atoms in total. The third-order valence-electron chi connectivity index (χ3n) is 2.21. The molecule has 0 saturated carbocycles. The van der Waals surface area contributed by atoms with E-state index in [4.69, 9.17) is 0 Å². The van der Waals surface area contributed by atoms with Crippen LogP contribution >= 0.6 is 0 Å². The molecular formula is C10H13N5O2. The van der Waals surface area contributed by atoms with Crippen LogP contribution in [0.25, 0.3) is 11.2 Å². The standard InChI is InChI=1S/C10H13N5O2/c1-10(2,3)8(17)15-9-13-5-6(14-9)11-4-12-7(5)16/h4H,1-3H3,(H3,11,12,13,14,15,16,17). The minimum Gasteiger partial charge on any atom is -0.318 e. The van der Waals surface area contributed by atoms with Gasteiger partial charge in [-0.2, -0.15) is 4.98 Å². The van der Waals surface area contributed by atoms with E-state index >= 15 is 0 Å². The molecule has 2 aromatic heterocycles. The normalized spacial score (nSPS) is 11.7. The summed E-state index contributed by atoms with van der Waals surface area (Å²) < 4.78 is 0. The molecule has 0 aromatic carbocycles. The van der Waals surface area contributed by atoms with Crippen LogP contribution in [0.15, 0.2) is 11.1 Å². The van der Waals surface area contributed by atoms with Gasteiger partial charge in [0, 0.05) is 5.41 Å². The maximum Gasteiger partial charge on any atom is 0.276 e. The topological polar surface area (TPSA) is 104 Å². The van der Waals surface area contributed by atoms with E-state index in [0.717, 1.165) is 0 Å². The Bertz CT molecular complexity index is 619. The van der Waals surface area contributed by atoms with Crippen molar-refractivity contribution in [3.63, 3.8) is 0 Å². The molecule has 90 valence electrons. The lowest BCUT2D eigenvalue weighted by atomic mass is 9.96. The lowest BCUT2D eigenvalue weighted by Crippen LogP contribution is -2.28. The van der Waals surface area contributed by atoms with Crippen molar-refractivity contribution in [2.24, 2.45) is 5.41 Å². The van der Waals surface area contributed by atoms with E-state index in [1.165, 1.54) is 6.33 Å². The van der Waals surface area contributed by atoms with Crippen LogP contribution in [0.1, 0.15) is 20.8 Å². The fraction of sp³-hybridized carbons (Fsp3) is 0.400. The summed E-state index contributed by atoms with van der Waals surface area (Å²) in [5, 5.41) is 2.60. The number of imidazole rings is 1. The zero-order chi connectivity index (χ0) is 12.6. The molecule has 1 amide bonds. The molecule has 0 unspecified atom stereocenters. The fourth-order valence-electron chi connectivity index (χ4n) is 1.19. The highest BCUT2D eigenvalue weighted by atomic mass is 16.2. The van der Waals surface area contributed by atoms with E-state index in [2.05, 4.69) is 25.3 Å². The van der Waals surface area contributed by atoms with E-state index in [1.54, 1.807) is 20.8 Å². The molecule has 0 saturated heterocycles. The first kappa shape index (κ1) is 11.3. The number of rotatable bonds is 1. The molecule has 0 spiro atoms. The molecule has 17 heavy (non-hydrogen) atoms. The Morgan fingerprint density at radius 1 is 1.41 bits per heavy atom. The van der Waals surface area contributed by atoms with E-state index in [-0.39, 0.29) is 28.6 Å². The predicted octanol–water partition coefficient (Wildman–Crippen LogP) is 0.631. The fourth-order valence-corrected chi connectivity index (χ4v) is 1.19. The highest BCUT2D eigenvalue weighted by molar-refractivity contribution is 5.94. The van der Waals surface area contributed by atoms with E-state index in [0.29, 0.717) is 0 Å². The summed E-state index contributed by atoms with van der Waals surface area (Å²) in [7, 11) is 0. The number of fused-ring (bicyclic) bond motifs is 1. The molecule has 2 aromatic rings. The van der Waals surface area contributed by atoms with Crippen molar-refractivity contribution in [1.29, 1.82) is 0 Å². The Morgan fingerprint density at radius 3 is 2.71 bits per heavy atom. The number of aromatic nitrogens is 4. The van der Waals surface area contributed by atoms with Crippen LogP contribution in [0.5, 0.6) is 0 Å². The van der Waals surface area contributed by atoms with Crippen molar-refractivity contribution in [3.8, 4) is 0 Å². The first-order valence-corrected chi connectivity index (χ1v) is 5.13. The Kier molecular flexibility index (Phi) is 2.45. The summed E-state index contributed by atoms with van der Waals surface area (Å²) in [6, 6.07) is 0. The summed E-state index contributed by atoms with van der Waals surface area (Å²) in [5.74, 6) is 0.0390. The smallest absolute Gasteiger partial charge is 0.276 e. The zero-order valence-electron chi connectivity index (χ0n) is 9.79. The molecule has 0 radical (unpaired) electrons. The lowest BCUT2D eigenvalue weighted by molar-refractivity contribution is -0.123. The summed E-state index contributed by atoms with van der Waals surface area (Å²) in [6.07, 6.45) is 1.26. The second-order valence-corrected chi connectivity index (χ2v) is 4.72. The van der Waals surface area contributed by atoms with Crippen LogP contribution in [0.4, 0.5) is 5.95 Å². The zero-order valence-corrected chi connectivity index (χ0v) is 9.79. The molecule has 0 aliphatic rings. The maximum absolute atomic E-state index is 11.7. The van der Waals surface area contributed by atoms with Crippen LogP contribution in [0, 0.1) is 5.41 Å². The van der Waals surface area contributed by atoms with Gasteiger partial charge in [-0.05, 0) is 0 Å². The van der Waals surface area contributed by atoms with E-state index < -0.39 is 5.41 Å². The number of hydrogen-bond donors (Lipinski definition) is 3. The number of carbonyl (C=O) groups excluding carboxylic acids is 1. The summed E-state index contributed by atoms with van der Waals surface area (Å²) in [6.45, 7) is 5.36. The average molecular weight is 235 g/mol. The molecule has 0 atom stereocenters. The van der Waals surface area contributed by atoms with Crippen molar-refractivity contribution >= 4 is 23.0 Å². The number of H-pyrrole nitrogens is 2. The van der Waals surface area contributed by atoms with Crippen LogP contribution in [-0.2, 0) is 4.79 Å². The lowest BCUT2D eigenvalue weighted by Gasteiger charge is -2.15. The summed E-state index contributed by atoms with van der Waals surface area (Å²) >= 11 is 0. The SMILES string of the molecule is CC(C)(C)C(=O)Nc1nc2nc[nH]c(=O)c2[nH]1.